The lowest BCUT2D eigenvalue weighted by Gasteiger charge is -2.33. The molecule has 2 aromatic rings. The van der Waals surface area contributed by atoms with Crippen LogP contribution >= 0.6 is 0 Å². The van der Waals surface area contributed by atoms with Crippen molar-refractivity contribution in [3.63, 3.8) is 0 Å². The molecule has 1 saturated heterocycles. The molecule has 1 amide bonds. The van der Waals surface area contributed by atoms with Gasteiger partial charge in [-0.25, -0.2) is 4.68 Å². The molecule has 1 N–H and O–H groups in total. The van der Waals surface area contributed by atoms with E-state index in [0.29, 0.717) is 24.6 Å². The molecular formula is C20H26N4O4. The van der Waals surface area contributed by atoms with Gasteiger partial charge in [-0.05, 0) is 31.0 Å². The van der Waals surface area contributed by atoms with E-state index in [-0.39, 0.29) is 17.4 Å². The van der Waals surface area contributed by atoms with Gasteiger partial charge in [-0.1, -0.05) is 0 Å². The van der Waals surface area contributed by atoms with E-state index >= 15 is 0 Å². The van der Waals surface area contributed by atoms with E-state index in [1.807, 2.05) is 23.1 Å². The van der Waals surface area contributed by atoms with Gasteiger partial charge in [0.1, 0.15) is 11.5 Å². The summed E-state index contributed by atoms with van der Waals surface area (Å²) in [5.74, 6) is 1.27. The van der Waals surface area contributed by atoms with Crippen molar-refractivity contribution >= 4 is 11.6 Å². The van der Waals surface area contributed by atoms with Gasteiger partial charge < -0.3 is 19.7 Å². The molecule has 0 bridgehead atoms. The Kier molecular flexibility index (Phi) is 6.18. The number of nitrogens with one attached hydrogen (secondary N) is 1. The van der Waals surface area contributed by atoms with Gasteiger partial charge in [-0.15, -0.1) is 0 Å². The number of methoxy groups -OCH3 is 2. The van der Waals surface area contributed by atoms with Crippen molar-refractivity contribution in [2.75, 3.05) is 32.2 Å². The van der Waals surface area contributed by atoms with Crippen LogP contribution in [-0.2, 0) is 18.4 Å². The first-order valence-electron chi connectivity index (χ1n) is 9.28. The molecule has 3 rings (SSSR count). The van der Waals surface area contributed by atoms with Crippen molar-refractivity contribution in [1.82, 2.24) is 15.1 Å². The summed E-state index contributed by atoms with van der Waals surface area (Å²) in [5.41, 5.74) is 1.46. The van der Waals surface area contributed by atoms with E-state index in [2.05, 4.69) is 10.4 Å². The van der Waals surface area contributed by atoms with Crippen LogP contribution in [0.3, 0.4) is 0 Å². The van der Waals surface area contributed by atoms with E-state index in [1.165, 1.54) is 4.68 Å². The van der Waals surface area contributed by atoms with Crippen molar-refractivity contribution in [3.8, 4) is 11.5 Å². The first-order valence-corrected chi connectivity index (χ1v) is 9.28. The molecule has 0 saturated carbocycles. The van der Waals surface area contributed by atoms with E-state index in [9.17, 15) is 9.59 Å². The van der Waals surface area contributed by atoms with Gasteiger partial charge in [0.15, 0.2) is 0 Å². The highest BCUT2D eigenvalue weighted by molar-refractivity contribution is 5.79. The lowest BCUT2D eigenvalue weighted by molar-refractivity contribution is -0.125. The summed E-state index contributed by atoms with van der Waals surface area (Å²) < 4.78 is 11.9. The number of aryl methyl sites for hydroxylation is 1. The zero-order valence-electron chi connectivity index (χ0n) is 16.5. The topological polar surface area (TPSA) is 85.7 Å². The molecule has 1 aliphatic rings. The number of carbonyl (C=O) groups excluding carboxylic acids is 1. The van der Waals surface area contributed by atoms with Crippen molar-refractivity contribution in [2.45, 2.75) is 19.4 Å². The Morgan fingerprint density at radius 1 is 1.29 bits per heavy atom. The smallest absolute Gasteiger partial charge is 0.268 e. The number of carbonyl (C=O) groups is 1. The fourth-order valence-corrected chi connectivity index (χ4v) is 3.41. The third-order valence-corrected chi connectivity index (χ3v) is 5.05. The number of rotatable bonds is 6. The fraction of sp³-hybridized carbons (Fsp3) is 0.450. The molecule has 28 heavy (non-hydrogen) atoms. The Balaban J connectivity index is 1.64. The van der Waals surface area contributed by atoms with Gasteiger partial charge >= 0.3 is 0 Å². The van der Waals surface area contributed by atoms with Crippen LogP contribution in [0, 0.1) is 5.92 Å². The normalized spacial score (nSPS) is 16.5. The minimum absolute atomic E-state index is 0.00799. The van der Waals surface area contributed by atoms with Gasteiger partial charge in [-0.3, -0.25) is 9.59 Å². The average Bonchev–Trinajstić information content (AvgIpc) is 2.73. The third kappa shape index (κ3) is 4.44. The predicted molar refractivity (Wildman–Crippen MR) is 106 cm³/mol. The van der Waals surface area contributed by atoms with Gasteiger partial charge in [0.05, 0.1) is 32.0 Å². The molecule has 8 nitrogen and oxygen atoms in total. The first-order chi connectivity index (χ1) is 13.5. The number of ether oxygens (including phenoxy) is 2. The van der Waals surface area contributed by atoms with Crippen molar-refractivity contribution in [3.05, 3.63) is 46.4 Å². The minimum Gasteiger partial charge on any atom is -0.497 e. The maximum atomic E-state index is 12.7. The monoisotopic (exact) mass is 386 g/mol. The Morgan fingerprint density at radius 3 is 2.82 bits per heavy atom. The Labute approximate surface area is 164 Å². The Bertz CT molecular complexity index is 896. The summed E-state index contributed by atoms with van der Waals surface area (Å²) in [6.45, 7) is 1.74. The second-order valence-corrected chi connectivity index (χ2v) is 6.86. The van der Waals surface area contributed by atoms with Crippen molar-refractivity contribution in [1.29, 1.82) is 0 Å². The zero-order valence-corrected chi connectivity index (χ0v) is 16.5. The lowest BCUT2D eigenvalue weighted by Crippen LogP contribution is -2.43. The molecule has 1 atom stereocenters. The van der Waals surface area contributed by atoms with Crippen LogP contribution in [0.4, 0.5) is 5.69 Å². The number of benzene rings is 1. The predicted octanol–water partition coefficient (Wildman–Crippen LogP) is 1.33. The largest absolute Gasteiger partial charge is 0.497 e. The standard InChI is InChI=1S/C20H26N4O4/c1-23-19(25)10-16(12-22-23)24-8-4-5-14(13-24)20(26)21-11-15-9-17(27-2)6-7-18(15)28-3/h6-7,9-10,12,14H,4-5,8,11,13H2,1-3H3,(H,21,26). The second-order valence-electron chi connectivity index (χ2n) is 6.86. The zero-order chi connectivity index (χ0) is 20.1. The van der Waals surface area contributed by atoms with Crippen LogP contribution in [0.2, 0.25) is 0 Å². The molecular weight excluding hydrogens is 360 g/mol. The number of aromatic nitrogens is 2. The molecule has 1 aromatic heterocycles. The third-order valence-electron chi connectivity index (χ3n) is 5.05. The number of amides is 1. The number of hydrogen-bond acceptors (Lipinski definition) is 6. The maximum absolute atomic E-state index is 12.7. The van der Waals surface area contributed by atoms with Crippen molar-refractivity contribution in [2.24, 2.45) is 13.0 Å². The van der Waals surface area contributed by atoms with E-state index < -0.39 is 0 Å². The van der Waals surface area contributed by atoms with Gasteiger partial charge in [0.2, 0.25) is 5.91 Å². The van der Waals surface area contributed by atoms with Crippen LogP contribution in [0.15, 0.2) is 35.3 Å². The Hall–Kier alpha value is -3.03. The SMILES string of the molecule is COc1ccc(OC)c(CNC(=O)C2CCCN(c3cnn(C)c(=O)c3)C2)c1. The van der Waals surface area contributed by atoms with Crippen molar-refractivity contribution < 1.29 is 14.3 Å². The quantitative estimate of drug-likeness (QED) is 0.806. The molecule has 1 aromatic carbocycles. The number of nitrogens with zero attached hydrogens (tertiary/aromatic N) is 3. The highest BCUT2D eigenvalue weighted by Crippen LogP contribution is 2.25. The average molecular weight is 386 g/mol. The minimum atomic E-state index is -0.158. The summed E-state index contributed by atoms with van der Waals surface area (Å²) in [7, 11) is 4.82. The highest BCUT2D eigenvalue weighted by atomic mass is 16.5. The summed E-state index contributed by atoms with van der Waals surface area (Å²) in [5, 5.41) is 7.08. The molecule has 1 fully saturated rings. The second kappa shape index (κ2) is 8.77. The summed E-state index contributed by atoms with van der Waals surface area (Å²) >= 11 is 0. The van der Waals surface area contributed by atoms with Gasteiger partial charge in [-0.2, -0.15) is 5.10 Å². The Morgan fingerprint density at radius 2 is 2.11 bits per heavy atom. The molecule has 2 heterocycles. The van der Waals surface area contributed by atoms with Gasteiger partial charge in [0, 0.05) is 38.3 Å². The van der Waals surface area contributed by atoms with Crippen LogP contribution in [-0.4, -0.2) is 43.0 Å². The maximum Gasteiger partial charge on any atom is 0.268 e. The molecule has 0 spiro atoms. The van der Waals surface area contributed by atoms with Crippen LogP contribution in [0.5, 0.6) is 11.5 Å². The molecule has 0 radical (unpaired) electrons. The van der Waals surface area contributed by atoms with E-state index in [0.717, 1.165) is 30.6 Å². The van der Waals surface area contributed by atoms with E-state index in [1.54, 1.807) is 33.5 Å². The molecule has 0 aliphatic carbocycles. The molecule has 1 unspecified atom stereocenters. The first kappa shape index (κ1) is 19.7. The summed E-state index contributed by atoms with van der Waals surface area (Å²) in [4.78, 5) is 26.6. The lowest BCUT2D eigenvalue weighted by atomic mass is 9.96. The summed E-state index contributed by atoms with van der Waals surface area (Å²) in [6, 6.07) is 7.07. The molecule has 8 heteroatoms. The van der Waals surface area contributed by atoms with Crippen LogP contribution < -0.4 is 25.2 Å². The number of piperidine rings is 1. The van der Waals surface area contributed by atoms with Crippen LogP contribution in [0.25, 0.3) is 0 Å². The number of anilines is 1. The molecule has 150 valence electrons. The van der Waals surface area contributed by atoms with Gasteiger partial charge in [0.25, 0.3) is 5.56 Å². The number of hydrogen-bond donors (Lipinski definition) is 1. The van der Waals surface area contributed by atoms with E-state index in [4.69, 9.17) is 9.47 Å². The van der Waals surface area contributed by atoms with Crippen LogP contribution in [0.1, 0.15) is 18.4 Å². The summed E-state index contributed by atoms with van der Waals surface area (Å²) in [6.07, 6.45) is 3.37. The highest BCUT2D eigenvalue weighted by Gasteiger charge is 2.26. The molecule has 1 aliphatic heterocycles. The fourth-order valence-electron chi connectivity index (χ4n) is 3.41.